The molecule has 4 aromatic carbocycles. The minimum absolute atomic E-state index is 0.0388. The van der Waals surface area contributed by atoms with E-state index in [1.165, 1.54) is 6.07 Å². The molecular weight excluding hydrogens is 601 g/mol. The molecule has 0 aliphatic rings. The zero-order valence-electron chi connectivity index (χ0n) is 24.8. The van der Waals surface area contributed by atoms with E-state index in [4.69, 9.17) is 16.3 Å². The van der Waals surface area contributed by atoms with E-state index in [1.807, 2.05) is 67.6 Å². The highest BCUT2D eigenvalue weighted by molar-refractivity contribution is 6.32. The lowest BCUT2D eigenvalue weighted by Crippen LogP contribution is -2.37. The van der Waals surface area contributed by atoms with Gasteiger partial charge in [0.15, 0.2) is 0 Å². The summed E-state index contributed by atoms with van der Waals surface area (Å²) in [5, 5.41) is 9.76. The predicted octanol–water partition coefficient (Wildman–Crippen LogP) is 8.89. The van der Waals surface area contributed by atoms with Crippen LogP contribution >= 0.6 is 11.6 Å². The van der Waals surface area contributed by atoms with Gasteiger partial charge in [-0.2, -0.15) is 13.2 Å². The molecule has 45 heavy (non-hydrogen) atoms. The molecular formula is C36H34ClF3N2O3. The van der Waals surface area contributed by atoms with Crippen molar-refractivity contribution in [3.63, 3.8) is 0 Å². The summed E-state index contributed by atoms with van der Waals surface area (Å²) in [4.78, 5) is 13.4. The van der Waals surface area contributed by atoms with Crippen molar-refractivity contribution in [3.8, 4) is 5.75 Å². The molecule has 1 N–H and O–H groups in total. The predicted molar refractivity (Wildman–Crippen MR) is 171 cm³/mol. The number of rotatable bonds is 13. The summed E-state index contributed by atoms with van der Waals surface area (Å²) in [6, 6.07) is 31.5. The molecule has 0 radical (unpaired) electrons. The molecule has 0 aliphatic carbocycles. The van der Waals surface area contributed by atoms with Gasteiger partial charge in [0.2, 0.25) is 0 Å². The topological polar surface area (TPSA) is 54.7 Å². The Morgan fingerprint density at radius 3 is 2.18 bits per heavy atom. The summed E-state index contributed by atoms with van der Waals surface area (Å²) in [5.41, 5.74) is 2.53. The van der Waals surface area contributed by atoms with E-state index in [0.717, 1.165) is 28.1 Å². The number of nitrogens with zero attached hydrogens (tertiary/aromatic N) is 2. The van der Waals surface area contributed by atoms with E-state index in [9.17, 15) is 23.1 Å². The highest BCUT2D eigenvalue weighted by atomic mass is 35.5. The Hall–Kier alpha value is -4.27. The van der Waals surface area contributed by atoms with Crippen molar-refractivity contribution < 1.29 is 27.8 Å². The average Bonchev–Trinajstić information content (AvgIpc) is 3.43. The summed E-state index contributed by atoms with van der Waals surface area (Å²) >= 11 is 6.38. The summed E-state index contributed by atoms with van der Waals surface area (Å²) in [6.45, 7) is 2.99. The van der Waals surface area contributed by atoms with Crippen LogP contribution in [0.25, 0.3) is 10.9 Å². The third-order valence-electron chi connectivity index (χ3n) is 8.07. The van der Waals surface area contributed by atoms with Gasteiger partial charge in [0.1, 0.15) is 12.3 Å². The number of benzene rings is 4. The van der Waals surface area contributed by atoms with E-state index in [0.29, 0.717) is 30.9 Å². The lowest BCUT2D eigenvalue weighted by Gasteiger charge is -2.34. The van der Waals surface area contributed by atoms with E-state index in [2.05, 4.69) is 29.2 Å². The van der Waals surface area contributed by atoms with Gasteiger partial charge in [-0.25, -0.2) is 0 Å². The highest BCUT2D eigenvalue weighted by Crippen LogP contribution is 2.37. The Morgan fingerprint density at radius 2 is 1.56 bits per heavy atom. The van der Waals surface area contributed by atoms with Crippen molar-refractivity contribution in [1.29, 1.82) is 0 Å². The van der Waals surface area contributed by atoms with Gasteiger partial charge in [-0.15, -0.1) is 0 Å². The molecule has 1 unspecified atom stereocenters. The molecule has 0 saturated heterocycles. The summed E-state index contributed by atoms with van der Waals surface area (Å²) < 4.78 is 49.1. The minimum atomic E-state index is -4.56. The zero-order valence-corrected chi connectivity index (χ0v) is 25.5. The fourth-order valence-electron chi connectivity index (χ4n) is 5.68. The van der Waals surface area contributed by atoms with Gasteiger partial charge in [-0.3, -0.25) is 9.69 Å². The number of aliphatic carboxylic acids is 1. The van der Waals surface area contributed by atoms with Crippen LogP contribution in [-0.4, -0.2) is 39.7 Å². The maximum Gasteiger partial charge on any atom is 0.417 e. The van der Waals surface area contributed by atoms with Gasteiger partial charge in [-0.05, 0) is 54.3 Å². The van der Waals surface area contributed by atoms with E-state index < -0.39 is 17.7 Å². The quantitative estimate of drug-likeness (QED) is 0.141. The molecule has 0 amide bonds. The van der Waals surface area contributed by atoms with Crippen LogP contribution in [0.2, 0.25) is 5.02 Å². The lowest BCUT2D eigenvalue weighted by atomic mass is 9.90. The maximum absolute atomic E-state index is 13.7. The number of carboxylic acids is 1. The van der Waals surface area contributed by atoms with Crippen LogP contribution in [-0.2, 0) is 24.1 Å². The van der Waals surface area contributed by atoms with Crippen LogP contribution in [0.5, 0.6) is 5.75 Å². The maximum atomic E-state index is 13.7. The number of ether oxygens (including phenoxy) is 1. The number of halogens is 4. The molecule has 5 rings (SSSR count). The number of fused-ring (bicyclic) bond motifs is 1. The SMILES string of the molecule is CC(CCOc1cccc2c1ccn2CC(=O)O)N(Cc1cccc(C(F)(F)F)c1Cl)CC(c1ccccc1)c1ccccc1. The van der Waals surface area contributed by atoms with Crippen molar-refractivity contribution in [2.24, 2.45) is 0 Å². The zero-order chi connectivity index (χ0) is 32.0. The fourth-order valence-corrected chi connectivity index (χ4v) is 5.97. The average molecular weight is 635 g/mol. The number of hydrogen-bond acceptors (Lipinski definition) is 3. The monoisotopic (exact) mass is 634 g/mol. The van der Waals surface area contributed by atoms with E-state index in [1.54, 1.807) is 16.8 Å². The molecule has 5 aromatic rings. The van der Waals surface area contributed by atoms with Crippen LogP contribution < -0.4 is 4.74 Å². The first kappa shape index (κ1) is 32.1. The van der Waals surface area contributed by atoms with Gasteiger partial charge < -0.3 is 14.4 Å². The minimum Gasteiger partial charge on any atom is -0.493 e. The third-order valence-corrected chi connectivity index (χ3v) is 8.52. The largest absolute Gasteiger partial charge is 0.493 e. The van der Waals surface area contributed by atoms with Crippen molar-refractivity contribution in [1.82, 2.24) is 9.47 Å². The molecule has 0 spiro atoms. The second kappa shape index (κ2) is 14.2. The van der Waals surface area contributed by atoms with E-state index in [-0.39, 0.29) is 30.1 Å². The van der Waals surface area contributed by atoms with Crippen LogP contribution in [0.4, 0.5) is 13.2 Å². The highest BCUT2D eigenvalue weighted by Gasteiger charge is 2.34. The van der Waals surface area contributed by atoms with Crippen molar-refractivity contribution in [2.75, 3.05) is 13.2 Å². The summed E-state index contributed by atoms with van der Waals surface area (Å²) in [7, 11) is 0. The first-order valence-corrected chi connectivity index (χ1v) is 15.1. The first-order valence-electron chi connectivity index (χ1n) is 14.7. The Morgan fingerprint density at radius 1 is 0.911 bits per heavy atom. The number of hydrogen-bond donors (Lipinski definition) is 1. The molecule has 0 saturated carbocycles. The molecule has 0 bridgehead atoms. The first-order chi connectivity index (χ1) is 21.6. The van der Waals surface area contributed by atoms with E-state index >= 15 is 0 Å². The van der Waals surface area contributed by atoms with Crippen LogP contribution in [0.3, 0.4) is 0 Å². The Bertz CT molecular complexity index is 1690. The molecule has 1 heterocycles. The third kappa shape index (κ3) is 7.88. The number of carboxylic acid groups (broad SMARTS) is 1. The van der Waals surface area contributed by atoms with Crippen molar-refractivity contribution in [3.05, 3.63) is 137 Å². The normalized spacial score (nSPS) is 12.6. The van der Waals surface area contributed by atoms with Crippen molar-refractivity contribution in [2.45, 2.75) is 44.6 Å². The Kier molecular flexibility index (Phi) is 10.2. The summed E-state index contributed by atoms with van der Waals surface area (Å²) in [6.07, 6.45) is -2.25. The second-order valence-electron chi connectivity index (χ2n) is 11.1. The number of aromatic nitrogens is 1. The molecule has 5 nitrogen and oxygen atoms in total. The lowest BCUT2D eigenvalue weighted by molar-refractivity contribution is -0.138. The second-order valence-corrected chi connectivity index (χ2v) is 11.5. The Balaban J connectivity index is 1.41. The van der Waals surface area contributed by atoms with Gasteiger partial charge >= 0.3 is 12.1 Å². The number of carbonyl (C=O) groups is 1. The van der Waals surface area contributed by atoms with Gasteiger partial charge in [0.25, 0.3) is 0 Å². The van der Waals surface area contributed by atoms with Gasteiger partial charge in [0, 0.05) is 36.6 Å². The summed E-state index contributed by atoms with van der Waals surface area (Å²) in [5.74, 6) is -0.330. The van der Waals surface area contributed by atoms with Crippen LogP contribution in [0.1, 0.15) is 41.5 Å². The molecule has 1 atom stereocenters. The molecule has 234 valence electrons. The van der Waals surface area contributed by atoms with Gasteiger partial charge in [-0.1, -0.05) is 90.5 Å². The molecule has 0 fully saturated rings. The standard InChI is InChI=1S/C36H34ClF3N2O3/c1-25(19-21-45-33-17-9-16-32-29(33)18-20-41(32)24-34(43)44)42(22-28-14-8-15-31(35(28)37)36(38,39)40)23-30(26-10-4-2-5-11-26)27-12-6-3-7-13-27/h2-18,20,25,30H,19,21-24H2,1H3,(H,43,44). The fraction of sp³-hybridized carbons (Fsp3) is 0.250. The van der Waals surface area contributed by atoms with Crippen molar-refractivity contribution >= 4 is 28.5 Å². The van der Waals surface area contributed by atoms with Crippen LogP contribution in [0.15, 0.2) is 109 Å². The molecule has 1 aromatic heterocycles. The molecule has 9 heteroatoms. The van der Waals surface area contributed by atoms with Gasteiger partial charge in [0.05, 0.1) is 22.7 Å². The number of alkyl halides is 3. The molecule has 0 aliphatic heterocycles. The van der Waals surface area contributed by atoms with Crippen LogP contribution in [0, 0.1) is 0 Å². The Labute approximate surface area is 265 Å². The smallest absolute Gasteiger partial charge is 0.417 e.